The number of hydrogen-bond acceptors (Lipinski definition) is 6. The molecular formula is C18H25N5O3. The lowest BCUT2D eigenvalue weighted by atomic mass is 10.1. The summed E-state index contributed by atoms with van der Waals surface area (Å²) in [5, 5.41) is 8.70. The molecule has 2 aromatic rings. The normalized spacial score (nSPS) is 21.6. The summed E-state index contributed by atoms with van der Waals surface area (Å²) in [6.45, 7) is 6.15. The minimum Gasteiger partial charge on any atom is -0.383 e. The molecular weight excluding hydrogens is 334 g/mol. The van der Waals surface area contributed by atoms with Crippen LogP contribution < -0.4 is 0 Å². The second-order valence-corrected chi connectivity index (χ2v) is 6.89. The zero-order chi connectivity index (χ0) is 17.9. The Bertz CT molecular complexity index is 771. The number of morpholine rings is 1. The standard InChI is InChI=1S/C18H25N5O3/c1-25-9-6-21-5-4-14(12-21)17-20-19-16-3-2-15(13-23(16)17)18(24)22-7-10-26-11-8-22/h2-3,13-14H,4-12H2,1H3/t14-/m0/s1. The van der Waals surface area contributed by atoms with Crippen LogP contribution in [0.4, 0.5) is 0 Å². The third-order valence-corrected chi connectivity index (χ3v) is 5.22. The van der Waals surface area contributed by atoms with E-state index >= 15 is 0 Å². The van der Waals surface area contributed by atoms with Crippen molar-refractivity contribution in [3.8, 4) is 0 Å². The lowest BCUT2D eigenvalue weighted by molar-refractivity contribution is 0.0302. The van der Waals surface area contributed by atoms with Gasteiger partial charge in [0.1, 0.15) is 5.82 Å². The maximum Gasteiger partial charge on any atom is 0.255 e. The van der Waals surface area contributed by atoms with Crippen LogP contribution in [0.2, 0.25) is 0 Å². The number of methoxy groups -OCH3 is 1. The molecule has 8 heteroatoms. The Labute approximate surface area is 152 Å². The Morgan fingerprint density at radius 1 is 1.27 bits per heavy atom. The molecule has 0 unspecified atom stereocenters. The number of hydrogen-bond donors (Lipinski definition) is 0. The fraction of sp³-hybridized carbons (Fsp3) is 0.611. The first kappa shape index (κ1) is 17.4. The molecule has 4 heterocycles. The second kappa shape index (κ2) is 7.69. The van der Waals surface area contributed by atoms with Crippen LogP contribution in [-0.2, 0) is 9.47 Å². The second-order valence-electron chi connectivity index (χ2n) is 6.89. The predicted molar refractivity (Wildman–Crippen MR) is 95.4 cm³/mol. The molecule has 0 N–H and O–H groups in total. The summed E-state index contributed by atoms with van der Waals surface area (Å²) in [5.41, 5.74) is 1.46. The van der Waals surface area contributed by atoms with E-state index in [1.807, 2.05) is 27.6 Å². The highest BCUT2D eigenvalue weighted by atomic mass is 16.5. The summed E-state index contributed by atoms with van der Waals surface area (Å²) in [4.78, 5) is 17.0. The summed E-state index contributed by atoms with van der Waals surface area (Å²) in [7, 11) is 1.73. The summed E-state index contributed by atoms with van der Waals surface area (Å²) in [6, 6.07) is 3.72. The monoisotopic (exact) mass is 359 g/mol. The van der Waals surface area contributed by atoms with Crippen LogP contribution in [0.1, 0.15) is 28.5 Å². The van der Waals surface area contributed by atoms with Crippen molar-refractivity contribution in [2.75, 3.05) is 59.7 Å². The van der Waals surface area contributed by atoms with Gasteiger partial charge in [0.2, 0.25) is 0 Å². The van der Waals surface area contributed by atoms with Gasteiger partial charge in [-0.3, -0.25) is 9.20 Å². The van der Waals surface area contributed by atoms with Crippen LogP contribution in [0.5, 0.6) is 0 Å². The number of ether oxygens (including phenoxy) is 2. The molecule has 0 aliphatic carbocycles. The van der Waals surface area contributed by atoms with Gasteiger partial charge in [0.25, 0.3) is 5.91 Å². The molecule has 0 radical (unpaired) electrons. The van der Waals surface area contributed by atoms with E-state index in [0.29, 0.717) is 37.8 Å². The van der Waals surface area contributed by atoms with Crippen molar-refractivity contribution in [1.29, 1.82) is 0 Å². The maximum atomic E-state index is 12.8. The summed E-state index contributed by atoms with van der Waals surface area (Å²) in [5.74, 6) is 1.31. The Hall–Kier alpha value is -2.03. The van der Waals surface area contributed by atoms with E-state index in [9.17, 15) is 4.79 Å². The van der Waals surface area contributed by atoms with Crippen molar-refractivity contribution in [3.63, 3.8) is 0 Å². The van der Waals surface area contributed by atoms with Crippen LogP contribution in [0, 0.1) is 0 Å². The molecule has 2 aromatic heterocycles. The molecule has 0 aromatic carbocycles. The third kappa shape index (κ3) is 3.44. The molecule has 8 nitrogen and oxygen atoms in total. The molecule has 0 spiro atoms. The Balaban J connectivity index is 1.54. The Kier molecular flexibility index (Phi) is 5.14. The molecule has 4 rings (SSSR count). The van der Waals surface area contributed by atoms with Crippen LogP contribution in [-0.4, -0.2) is 90.0 Å². The third-order valence-electron chi connectivity index (χ3n) is 5.22. The van der Waals surface area contributed by atoms with Gasteiger partial charge in [-0.2, -0.15) is 0 Å². The first-order valence-electron chi connectivity index (χ1n) is 9.19. The number of likely N-dealkylation sites (tertiary alicyclic amines) is 1. The minimum atomic E-state index is 0.0444. The first-order valence-corrected chi connectivity index (χ1v) is 9.19. The molecule has 2 aliphatic rings. The molecule has 2 saturated heterocycles. The summed E-state index contributed by atoms with van der Waals surface area (Å²) < 4.78 is 12.5. The first-order chi connectivity index (χ1) is 12.8. The van der Waals surface area contributed by atoms with E-state index in [2.05, 4.69) is 15.1 Å². The zero-order valence-electron chi connectivity index (χ0n) is 15.1. The number of aromatic nitrogens is 3. The van der Waals surface area contributed by atoms with Crippen molar-refractivity contribution >= 4 is 11.6 Å². The largest absolute Gasteiger partial charge is 0.383 e. The summed E-state index contributed by atoms with van der Waals surface area (Å²) in [6.07, 6.45) is 2.94. The fourth-order valence-corrected chi connectivity index (χ4v) is 3.73. The van der Waals surface area contributed by atoms with Gasteiger partial charge in [-0.05, 0) is 25.1 Å². The van der Waals surface area contributed by atoms with Crippen LogP contribution in [0.15, 0.2) is 18.3 Å². The van der Waals surface area contributed by atoms with Crippen molar-refractivity contribution in [1.82, 2.24) is 24.4 Å². The van der Waals surface area contributed by atoms with E-state index < -0.39 is 0 Å². The number of fused-ring (bicyclic) bond motifs is 1. The van der Waals surface area contributed by atoms with Gasteiger partial charge in [0, 0.05) is 45.4 Å². The number of pyridine rings is 1. The van der Waals surface area contributed by atoms with Gasteiger partial charge in [-0.15, -0.1) is 10.2 Å². The topological polar surface area (TPSA) is 72.2 Å². The van der Waals surface area contributed by atoms with Crippen molar-refractivity contribution in [3.05, 3.63) is 29.7 Å². The number of rotatable bonds is 5. The number of amides is 1. The molecule has 0 saturated carbocycles. The smallest absolute Gasteiger partial charge is 0.255 e. The van der Waals surface area contributed by atoms with E-state index in [4.69, 9.17) is 9.47 Å². The highest BCUT2D eigenvalue weighted by molar-refractivity contribution is 5.94. The van der Waals surface area contributed by atoms with Crippen molar-refractivity contribution < 1.29 is 14.3 Å². The molecule has 2 fully saturated rings. The zero-order valence-corrected chi connectivity index (χ0v) is 15.1. The van der Waals surface area contributed by atoms with Gasteiger partial charge in [0.15, 0.2) is 5.65 Å². The SMILES string of the molecule is COCCN1CC[C@H](c2nnc3ccc(C(=O)N4CCOCC4)cn23)C1. The average Bonchev–Trinajstić information content (AvgIpc) is 3.32. The molecule has 0 bridgehead atoms. The van der Waals surface area contributed by atoms with Gasteiger partial charge in [0.05, 0.1) is 25.4 Å². The lowest BCUT2D eigenvalue weighted by Gasteiger charge is -2.26. The minimum absolute atomic E-state index is 0.0444. The van der Waals surface area contributed by atoms with Gasteiger partial charge in [-0.25, -0.2) is 0 Å². The van der Waals surface area contributed by atoms with Crippen LogP contribution in [0.3, 0.4) is 0 Å². The molecule has 1 amide bonds. The van der Waals surface area contributed by atoms with Crippen LogP contribution in [0.25, 0.3) is 5.65 Å². The van der Waals surface area contributed by atoms with E-state index in [1.54, 1.807) is 7.11 Å². The van der Waals surface area contributed by atoms with Gasteiger partial charge < -0.3 is 19.3 Å². The highest BCUT2D eigenvalue weighted by Crippen LogP contribution is 2.26. The average molecular weight is 359 g/mol. The molecule has 2 aliphatic heterocycles. The fourth-order valence-electron chi connectivity index (χ4n) is 3.73. The Morgan fingerprint density at radius 3 is 2.92 bits per heavy atom. The molecule has 1 atom stereocenters. The van der Waals surface area contributed by atoms with E-state index in [1.165, 1.54) is 0 Å². The van der Waals surface area contributed by atoms with Gasteiger partial charge in [-0.1, -0.05) is 0 Å². The molecule has 26 heavy (non-hydrogen) atoms. The quantitative estimate of drug-likeness (QED) is 0.780. The Morgan fingerprint density at radius 2 is 2.12 bits per heavy atom. The number of carbonyl (C=O) groups excluding carboxylic acids is 1. The van der Waals surface area contributed by atoms with Crippen molar-refractivity contribution in [2.45, 2.75) is 12.3 Å². The predicted octanol–water partition coefficient (Wildman–Crippen LogP) is 0.637. The maximum absolute atomic E-state index is 12.8. The lowest BCUT2D eigenvalue weighted by Crippen LogP contribution is -2.40. The van der Waals surface area contributed by atoms with Gasteiger partial charge >= 0.3 is 0 Å². The number of nitrogens with zero attached hydrogens (tertiary/aromatic N) is 5. The highest BCUT2D eigenvalue weighted by Gasteiger charge is 2.28. The number of carbonyl (C=O) groups is 1. The molecule has 140 valence electrons. The van der Waals surface area contributed by atoms with E-state index in [-0.39, 0.29) is 5.91 Å². The summed E-state index contributed by atoms with van der Waals surface area (Å²) >= 11 is 0. The van der Waals surface area contributed by atoms with Crippen LogP contribution >= 0.6 is 0 Å². The van der Waals surface area contributed by atoms with Crippen molar-refractivity contribution in [2.24, 2.45) is 0 Å². The van der Waals surface area contributed by atoms with E-state index in [0.717, 1.165) is 44.1 Å².